The Morgan fingerprint density at radius 2 is 1.66 bits per heavy atom. The lowest BCUT2D eigenvalue weighted by atomic mass is 9.85. The highest BCUT2D eigenvalue weighted by Crippen LogP contribution is 2.27. The Morgan fingerprint density at radius 1 is 1.00 bits per heavy atom. The standard InChI is InChI=1S/C27H30FN3O3S/c1-18(19-3-10-23(28)11-4-19)30-27(32)21-5-12-24(13-6-21)31-35(33)25-14-7-20(8-15-25)22-9-16-26(34-2)29-17-22/h3-4,7-11,14-18,21,24,31H,5-6,12-13H2,1-2H3,(H,30,32)/t18-,21?,24?,35?/m1/s1. The number of carbonyl (C=O) groups excluding carboxylic acids is 1. The topological polar surface area (TPSA) is 80.3 Å². The minimum Gasteiger partial charge on any atom is -0.481 e. The molecule has 1 saturated carbocycles. The van der Waals surface area contributed by atoms with Crippen molar-refractivity contribution in [1.82, 2.24) is 15.0 Å². The molecular formula is C27H30FN3O3S. The minimum absolute atomic E-state index is 0.0185. The monoisotopic (exact) mass is 495 g/mol. The maximum atomic E-state index is 13.1. The molecule has 0 spiro atoms. The molecule has 2 N–H and O–H groups in total. The highest BCUT2D eigenvalue weighted by Gasteiger charge is 2.28. The van der Waals surface area contributed by atoms with E-state index >= 15 is 0 Å². The molecule has 1 aliphatic carbocycles. The average molecular weight is 496 g/mol. The van der Waals surface area contributed by atoms with Gasteiger partial charge in [-0.15, -0.1) is 0 Å². The van der Waals surface area contributed by atoms with Crippen molar-refractivity contribution in [1.29, 1.82) is 0 Å². The van der Waals surface area contributed by atoms with Gasteiger partial charge in [0.2, 0.25) is 11.8 Å². The molecule has 0 saturated heterocycles. The summed E-state index contributed by atoms with van der Waals surface area (Å²) in [5.74, 6) is 0.220. The van der Waals surface area contributed by atoms with E-state index in [0.29, 0.717) is 10.8 Å². The number of ether oxygens (including phenoxy) is 1. The van der Waals surface area contributed by atoms with Gasteiger partial charge in [-0.25, -0.2) is 18.3 Å². The van der Waals surface area contributed by atoms with Gasteiger partial charge in [0.1, 0.15) is 16.8 Å². The fraction of sp³-hybridized carbons (Fsp3) is 0.333. The van der Waals surface area contributed by atoms with Crippen LogP contribution in [-0.4, -0.2) is 28.3 Å². The zero-order chi connectivity index (χ0) is 24.8. The van der Waals surface area contributed by atoms with E-state index in [1.54, 1.807) is 25.4 Å². The molecule has 3 aromatic rings. The maximum absolute atomic E-state index is 13.1. The van der Waals surface area contributed by atoms with Crippen LogP contribution in [0.4, 0.5) is 4.39 Å². The first kappa shape index (κ1) is 25.0. The summed E-state index contributed by atoms with van der Waals surface area (Å²) in [5, 5.41) is 3.04. The predicted molar refractivity (Wildman–Crippen MR) is 134 cm³/mol. The molecule has 2 atom stereocenters. The van der Waals surface area contributed by atoms with Gasteiger partial charge in [0.25, 0.3) is 0 Å². The van der Waals surface area contributed by atoms with Crippen molar-refractivity contribution < 1.29 is 18.1 Å². The van der Waals surface area contributed by atoms with Crippen LogP contribution in [0.2, 0.25) is 0 Å². The number of benzene rings is 2. The van der Waals surface area contributed by atoms with Crippen LogP contribution in [0.25, 0.3) is 11.1 Å². The van der Waals surface area contributed by atoms with E-state index in [-0.39, 0.29) is 29.7 Å². The number of nitrogens with one attached hydrogen (secondary N) is 2. The van der Waals surface area contributed by atoms with Gasteiger partial charge in [-0.1, -0.05) is 24.3 Å². The Hall–Kier alpha value is -3.10. The number of methoxy groups -OCH3 is 1. The van der Waals surface area contributed by atoms with Crippen LogP contribution < -0.4 is 14.8 Å². The van der Waals surface area contributed by atoms with E-state index in [0.717, 1.165) is 42.4 Å². The first-order chi connectivity index (χ1) is 16.9. The first-order valence-electron chi connectivity index (χ1n) is 11.8. The van der Waals surface area contributed by atoms with Crippen LogP contribution in [0.15, 0.2) is 71.8 Å². The van der Waals surface area contributed by atoms with E-state index in [2.05, 4.69) is 15.0 Å². The highest BCUT2D eigenvalue weighted by atomic mass is 32.2. The molecule has 35 heavy (non-hydrogen) atoms. The Labute approximate surface area is 207 Å². The molecule has 1 unspecified atom stereocenters. The van der Waals surface area contributed by atoms with Crippen LogP contribution >= 0.6 is 0 Å². The van der Waals surface area contributed by atoms with Gasteiger partial charge < -0.3 is 10.1 Å². The van der Waals surface area contributed by atoms with Gasteiger partial charge >= 0.3 is 0 Å². The van der Waals surface area contributed by atoms with Crippen molar-refractivity contribution in [2.24, 2.45) is 5.92 Å². The molecule has 4 rings (SSSR count). The van der Waals surface area contributed by atoms with Crippen molar-refractivity contribution in [3.8, 4) is 17.0 Å². The normalized spacial score (nSPS) is 19.5. The van der Waals surface area contributed by atoms with Gasteiger partial charge in [0, 0.05) is 29.8 Å². The summed E-state index contributed by atoms with van der Waals surface area (Å²) >= 11 is 0. The molecule has 1 aliphatic rings. The van der Waals surface area contributed by atoms with Crippen molar-refractivity contribution in [2.75, 3.05) is 7.11 Å². The number of amides is 1. The number of hydrogen-bond donors (Lipinski definition) is 2. The first-order valence-corrected chi connectivity index (χ1v) is 12.9. The smallest absolute Gasteiger partial charge is 0.223 e. The van der Waals surface area contributed by atoms with Crippen molar-refractivity contribution in [3.63, 3.8) is 0 Å². The third-order valence-corrected chi connectivity index (χ3v) is 7.70. The summed E-state index contributed by atoms with van der Waals surface area (Å²) in [6, 6.07) is 17.4. The van der Waals surface area contributed by atoms with E-state index in [4.69, 9.17) is 4.74 Å². The lowest BCUT2D eigenvalue weighted by Crippen LogP contribution is -2.39. The third kappa shape index (κ3) is 6.52. The Bertz CT molecular complexity index is 1150. The number of carbonyl (C=O) groups is 1. The summed E-state index contributed by atoms with van der Waals surface area (Å²) in [4.78, 5) is 17.6. The zero-order valence-electron chi connectivity index (χ0n) is 19.9. The minimum atomic E-state index is -1.33. The number of pyridine rings is 1. The molecule has 1 aromatic heterocycles. The maximum Gasteiger partial charge on any atom is 0.223 e. The van der Waals surface area contributed by atoms with E-state index < -0.39 is 11.0 Å². The van der Waals surface area contributed by atoms with Crippen molar-refractivity contribution in [3.05, 3.63) is 78.2 Å². The molecule has 184 valence electrons. The second kappa shape index (κ2) is 11.6. The molecule has 6 nitrogen and oxygen atoms in total. The summed E-state index contributed by atoms with van der Waals surface area (Å²) in [5.41, 5.74) is 2.82. The van der Waals surface area contributed by atoms with Crippen LogP contribution in [0.1, 0.15) is 44.2 Å². The van der Waals surface area contributed by atoms with Crippen LogP contribution in [0.5, 0.6) is 5.88 Å². The Balaban J connectivity index is 1.25. The van der Waals surface area contributed by atoms with Crippen LogP contribution in [0.3, 0.4) is 0 Å². The molecular weight excluding hydrogens is 465 g/mol. The molecule has 0 radical (unpaired) electrons. The third-order valence-electron chi connectivity index (χ3n) is 6.45. The molecule has 2 aromatic carbocycles. The molecule has 1 amide bonds. The van der Waals surface area contributed by atoms with Gasteiger partial charge in [0.15, 0.2) is 0 Å². The summed E-state index contributed by atoms with van der Waals surface area (Å²) in [6.45, 7) is 1.90. The summed E-state index contributed by atoms with van der Waals surface area (Å²) < 4.78 is 34.3. The fourth-order valence-corrected chi connectivity index (χ4v) is 5.36. The van der Waals surface area contributed by atoms with E-state index in [9.17, 15) is 13.4 Å². The Kier molecular flexibility index (Phi) is 8.25. The lowest BCUT2D eigenvalue weighted by Gasteiger charge is -2.29. The van der Waals surface area contributed by atoms with Gasteiger partial charge in [0.05, 0.1) is 18.0 Å². The fourth-order valence-electron chi connectivity index (χ4n) is 4.30. The SMILES string of the molecule is COc1ccc(-c2ccc(S(=O)NC3CCC(C(=O)N[C@H](C)c4ccc(F)cc4)CC3)cc2)cn1. The number of nitrogens with zero attached hydrogens (tertiary/aromatic N) is 1. The summed E-state index contributed by atoms with van der Waals surface area (Å²) in [7, 11) is 0.255. The number of hydrogen-bond acceptors (Lipinski definition) is 4. The van der Waals surface area contributed by atoms with Crippen LogP contribution in [0, 0.1) is 11.7 Å². The van der Waals surface area contributed by atoms with Crippen molar-refractivity contribution in [2.45, 2.75) is 49.6 Å². The molecule has 0 bridgehead atoms. The van der Waals surface area contributed by atoms with Gasteiger partial charge in [-0.3, -0.25) is 4.79 Å². The number of aromatic nitrogens is 1. The number of rotatable bonds is 8. The second-order valence-electron chi connectivity index (χ2n) is 8.83. The molecule has 1 fully saturated rings. The van der Waals surface area contributed by atoms with E-state index in [1.807, 2.05) is 43.3 Å². The van der Waals surface area contributed by atoms with Gasteiger partial charge in [-0.2, -0.15) is 0 Å². The molecule has 8 heteroatoms. The highest BCUT2D eigenvalue weighted by molar-refractivity contribution is 7.83. The van der Waals surface area contributed by atoms with Gasteiger partial charge in [-0.05, 0) is 74.1 Å². The van der Waals surface area contributed by atoms with Crippen molar-refractivity contribution >= 4 is 16.9 Å². The lowest BCUT2D eigenvalue weighted by molar-refractivity contribution is -0.126. The van der Waals surface area contributed by atoms with E-state index in [1.165, 1.54) is 12.1 Å². The average Bonchev–Trinajstić information content (AvgIpc) is 2.89. The summed E-state index contributed by atoms with van der Waals surface area (Å²) in [6.07, 6.45) is 4.78. The quantitative estimate of drug-likeness (QED) is 0.464. The number of halogens is 1. The Morgan fingerprint density at radius 3 is 2.26 bits per heavy atom. The molecule has 1 heterocycles. The van der Waals surface area contributed by atoms with Crippen LogP contribution in [-0.2, 0) is 15.8 Å². The largest absolute Gasteiger partial charge is 0.481 e. The zero-order valence-corrected chi connectivity index (χ0v) is 20.7. The second-order valence-corrected chi connectivity index (χ2v) is 10.1. The molecule has 0 aliphatic heterocycles. The predicted octanol–water partition coefficient (Wildman–Crippen LogP) is 4.94.